The lowest BCUT2D eigenvalue weighted by Crippen LogP contribution is -2.49. The molecular formula is C20H32ClN5O2. The summed E-state index contributed by atoms with van der Waals surface area (Å²) in [6.07, 6.45) is 2.34. The van der Waals surface area contributed by atoms with Crippen molar-refractivity contribution in [2.75, 3.05) is 6.54 Å². The van der Waals surface area contributed by atoms with Gasteiger partial charge in [0.2, 0.25) is 0 Å². The normalized spacial score (nSPS) is 11.2. The number of benzene rings is 1. The molecule has 0 aliphatic heterocycles. The van der Waals surface area contributed by atoms with Gasteiger partial charge in [0.05, 0.1) is 17.5 Å². The van der Waals surface area contributed by atoms with E-state index in [9.17, 15) is 4.79 Å². The van der Waals surface area contributed by atoms with Crippen LogP contribution in [0, 0.1) is 0 Å². The molecule has 0 spiro atoms. The van der Waals surface area contributed by atoms with Crippen molar-refractivity contribution in [1.29, 1.82) is 0 Å². The highest BCUT2D eigenvalue weighted by atomic mass is 35.5. The van der Waals surface area contributed by atoms with Gasteiger partial charge in [-0.1, -0.05) is 26.0 Å². The van der Waals surface area contributed by atoms with Crippen LogP contribution in [0.1, 0.15) is 63.6 Å². The molecule has 2 rings (SSSR count). The SMILES string of the molecule is CCc1c(C(=O)NCC(N)(CC)CC)nnn1-c1ccc(OC(C)C)cc1.Cl. The number of carbonyl (C=O) groups is 1. The Balaban J connectivity index is 0.00000392. The Morgan fingerprint density at radius 1 is 1.21 bits per heavy atom. The number of halogens is 1. The number of nitrogens with one attached hydrogen (secondary N) is 1. The third kappa shape index (κ3) is 5.69. The molecule has 0 fully saturated rings. The molecule has 1 aromatic carbocycles. The second-order valence-electron chi connectivity index (χ2n) is 7.06. The van der Waals surface area contributed by atoms with Gasteiger partial charge in [0.15, 0.2) is 5.69 Å². The highest BCUT2D eigenvalue weighted by molar-refractivity contribution is 5.93. The molecule has 0 atom stereocenters. The first-order valence-corrected chi connectivity index (χ1v) is 9.62. The predicted molar refractivity (Wildman–Crippen MR) is 114 cm³/mol. The Morgan fingerprint density at radius 2 is 1.82 bits per heavy atom. The molecule has 3 N–H and O–H groups in total. The van der Waals surface area contributed by atoms with Crippen molar-refractivity contribution in [1.82, 2.24) is 20.3 Å². The number of nitrogens with zero attached hydrogens (tertiary/aromatic N) is 3. The van der Waals surface area contributed by atoms with Crippen LogP contribution in [0.15, 0.2) is 24.3 Å². The van der Waals surface area contributed by atoms with Gasteiger partial charge in [-0.05, 0) is 57.4 Å². The molecule has 1 aromatic heterocycles. The minimum atomic E-state index is -0.399. The van der Waals surface area contributed by atoms with Crippen LogP contribution in [0.4, 0.5) is 0 Å². The summed E-state index contributed by atoms with van der Waals surface area (Å²) in [5, 5.41) is 11.2. The van der Waals surface area contributed by atoms with E-state index in [1.54, 1.807) is 4.68 Å². The lowest BCUT2D eigenvalue weighted by Gasteiger charge is -2.26. The molecular weight excluding hydrogens is 378 g/mol. The highest BCUT2D eigenvalue weighted by Gasteiger charge is 2.24. The van der Waals surface area contributed by atoms with Gasteiger partial charge in [-0.25, -0.2) is 4.68 Å². The second-order valence-corrected chi connectivity index (χ2v) is 7.06. The summed E-state index contributed by atoms with van der Waals surface area (Å²) in [5.41, 5.74) is 7.82. The van der Waals surface area contributed by atoms with Crippen molar-refractivity contribution in [3.63, 3.8) is 0 Å². The summed E-state index contributed by atoms with van der Waals surface area (Å²) < 4.78 is 7.37. The third-order valence-electron chi connectivity index (χ3n) is 4.78. The quantitative estimate of drug-likeness (QED) is 0.662. The van der Waals surface area contributed by atoms with Crippen LogP contribution in [0.2, 0.25) is 0 Å². The van der Waals surface area contributed by atoms with Gasteiger partial charge in [-0.15, -0.1) is 17.5 Å². The van der Waals surface area contributed by atoms with Crippen molar-refractivity contribution in [3.05, 3.63) is 35.7 Å². The Labute approximate surface area is 173 Å². The molecule has 2 aromatic rings. The van der Waals surface area contributed by atoms with Crippen molar-refractivity contribution in [2.24, 2.45) is 5.73 Å². The lowest BCUT2D eigenvalue weighted by molar-refractivity contribution is 0.0936. The smallest absolute Gasteiger partial charge is 0.273 e. The molecule has 0 aliphatic carbocycles. The first kappa shape index (κ1) is 23.9. The summed E-state index contributed by atoms with van der Waals surface area (Å²) in [4.78, 5) is 12.6. The van der Waals surface area contributed by atoms with Crippen LogP contribution in [-0.2, 0) is 6.42 Å². The number of nitrogens with two attached hydrogens (primary N) is 1. The minimum absolute atomic E-state index is 0. The zero-order valence-corrected chi connectivity index (χ0v) is 18.2. The average molecular weight is 410 g/mol. The van der Waals surface area contributed by atoms with Crippen LogP contribution in [0.25, 0.3) is 5.69 Å². The maximum atomic E-state index is 12.6. The first-order chi connectivity index (χ1) is 12.8. The average Bonchev–Trinajstić information content (AvgIpc) is 3.10. The molecule has 0 aliphatic rings. The maximum Gasteiger partial charge on any atom is 0.273 e. The van der Waals surface area contributed by atoms with Gasteiger partial charge in [-0.3, -0.25) is 4.79 Å². The van der Waals surface area contributed by atoms with E-state index in [1.807, 2.05) is 58.9 Å². The summed E-state index contributed by atoms with van der Waals surface area (Å²) in [5.74, 6) is 0.554. The molecule has 8 heteroatoms. The van der Waals surface area contributed by atoms with Crippen molar-refractivity contribution >= 4 is 18.3 Å². The van der Waals surface area contributed by atoms with E-state index in [2.05, 4.69) is 15.6 Å². The molecule has 7 nitrogen and oxygen atoms in total. The number of rotatable bonds is 9. The van der Waals surface area contributed by atoms with Crippen LogP contribution >= 0.6 is 12.4 Å². The van der Waals surface area contributed by atoms with Crippen LogP contribution in [0.5, 0.6) is 5.75 Å². The number of hydrogen-bond acceptors (Lipinski definition) is 5. The van der Waals surface area contributed by atoms with Crippen molar-refractivity contribution < 1.29 is 9.53 Å². The number of aromatic nitrogens is 3. The Morgan fingerprint density at radius 3 is 2.32 bits per heavy atom. The number of ether oxygens (including phenoxy) is 1. The third-order valence-corrected chi connectivity index (χ3v) is 4.78. The predicted octanol–water partition coefficient (Wildman–Crippen LogP) is 3.29. The summed E-state index contributed by atoms with van der Waals surface area (Å²) >= 11 is 0. The molecule has 0 unspecified atom stereocenters. The Bertz CT molecular complexity index is 754. The molecule has 0 bridgehead atoms. The van der Waals surface area contributed by atoms with E-state index < -0.39 is 5.54 Å². The topological polar surface area (TPSA) is 95.1 Å². The molecule has 156 valence electrons. The van der Waals surface area contributed by atoms with Crippen molar-refractivity contribution in [2.45, 2.75) is 65.5 Å². The zero-order chi connectivity index (χ0) is 20.0. The van der Waals surface area contributed by atoms with E-state index in [0.717, 1.165) is 30.0 Å². The first-order valence-electron chi connectivity index (χ1n) is 9.62. The zero-order valence-electron chi connectivity index (χ0n) is 17.4. The molecule has 0 saturated carbocycles. The van der Waals surface area contributed by atoms with Gasteiger partial charge in [0.25, 0.3) is 5.91 Å². The van der Waals surface area contributed by atoms with E-state index in [0.29, 0.717) is 18.7 Å². The van der Waals surface area contributed by atoms with Gasteiger partial charge < -0.3 is 15.8 Å². The second kappa shape index (κ2) is 10.4. The van der Waals surface area contributed by atoms with Crippen LogP contribution in [0.3, 0.4) is 0 Å². The largest absolute Gasteiger partial charge is 0.491 e. The molecule has 0 radical (unpaired) electrons. The van der Waals surface area contributed by atoms with Gasteiger partial charge >= 0.3 is 0 Å². The maximum absolute atomic E-state index is 12.6. The molecule has 0 saturated heterocycles. The Hall–Kier alpha value is -2.12. The fraction of sp³-hybridized carbons (Fsp3) is 0.550. The van der Waals surface area contributed by atoms with E-state index in [-0.39, 0.29) is 24.4 Å². The molecule has 1 heterocycles. The highest BCUT2D eigenvalue weighted by Crippen LogP contribution is 2.19. The number of amides is 1. The van der Waals surface area contributed by atoms with E-state index >= 15 is 0 Å². The number of carbonyl (C=O) groups excluding carboxylic acids is 1. The standard InChI is InChI=1S/C20H31N5O2.ClH/c1-6-17-18(19(26)22-13-20(21,7-2)8-3)23-24-25(17)15-9-11-16(12-10-15)27-14(4)5;/h9-12,14H,6-8,13,21H2,1-5H3,(H,22,26);1H. The fourth-order valence-electron chi connectivity index (χ4n) is 2.78. The van der Waals surface area contributed by atoms with Gasteiger partial charge in [0, 0.05) is 12.1 Å². The van der Waals surface area contributed by atoms with Crippen molar-refractivity contribution in [3.8, 4) is 11.4 Å². The summed E-state index contributed by atoms with van der Waals surface area (Å²) in [6.45, 7) is 10.4. The Kier molecular flexibility index (Phi) is 8.91. The summed E-state index contributed by atoms with van der Waals surface area (Å²) in [7, 11) is 0. The molecule has 1 amide bonds. The number of hydrogen-bond donors (Lipinski definition) is 2. The molecule has 28 heavy (non-hydrogen) atoms. The lowest BCUT2D eigenvalue weighted by atomic mass is 9.94. The van der Waals surface area contributed by atoms with Gasteiger partial charge in [0.1, 0.15) is 5.75 Å². The van der Waals surface area contributed by atoms with Crippen LogP contribution < -0.4 is 15.8 Å². The van der Waals surface area contributed by atoms with E-state index in [4.69, 9.17) is 10.5 Å². The van der Waals surface area contributed by atoms with Crippen LogP contribution in [-0.4, -0.2) is 39.1 Å². The van der Waals surface area contributed by atoms with Gasteiger partial charge in [-0.2, -0.15) is 0 Å². The van der Waals surface area contributed by atoms with E-state index in [1.165, 1.54) is 0 Å². The minimum Gasteiger partial charge on any atom is -0.491 e. The summed E-state index contributed by atoms with van der Waals surface area (Å²) in [6, 6.07) is 7.60. The monoisotopic (exact) mass is 409 g/mol. The fourth-order valence-corrected chi connectivity index (χ4v) is 2.78.